The van der Waals surface area contributed by atoms with E-state index in [1.807, 2.05) is 13.8 Å². The van der Waals surface area contributed by atoms with Crippen molar-refractivity contribution in [3.05, 3.63) is 0 Å². The second-order valence-corrected chi connectivity index (χ2v) is 3.42. The molecule has 0 aromatic heterocycles. The summed E-state index contributed by atoms with van der Waals surface area (Å²) < 4.78 is 10.0. The first-order chi connectivity index (χ1) is 5.58. The van der Waals surface area contributed by atoms with Crippen molar-refractivity contribution in [3.63, 3.8) is 0 Å². The van der Waals surface area contributed by atoms with Gasteiger partial charge in [-0.1, -0.05) is 0 Å². The Labute approximate surface area is 72.4 Å². The van der Waals surface area contributed by atoms with Crippen molar-refractivity contribution in [2.45, 2.75) is 26.3 Å². The van der Waals surface area contributed by atoms with Crippen molar-refractivity contribution in [1.29, 1.82) is 0 Å². The number of rotatable bonds is 1. The van der Waals surface area contributed by atoms with Gasteiger partial charge in [0, 0.05) is 0 Å². The molecule has 0 aliphatic carbocycles. The van der Waals surface area contributed by atoms with Crippen LogP contribution in [0.25, 0.3) is 0 Å². The lowest BCUT2D eigenvalue weighted by molar-refractivity contribution is 0.0750. The molecule has 1 aliphatic rings. The van der Waals surface area contributed by atoms with Crippen LogP contribution in [0.15, 0.2) is 0 Å². The third-order valence-electron chi connectivity index (χ3n) is 1.89. The molecule has 70 valence electrons. The Hall–Kier alpha value is -0.770. The standard InChI is InChI=1S/C8H15NO3/c1-4-12-7(10)9-6-11-5-8(9,2)3/h4-6H2,1-3H3. The Morgan fingerprint density at radius 2 is 2.33 bits per heavy atom. The van der Waals surface area contributed by atoms with Crippen LogP contribution in [0.5, 0.6) is 0 Å². The van der Waals surface area contributed by atoms with Crippen molar-refractivity contribution in [2.75, 3.05) is 19.9 Å². The van der Waals surface area contributed by atoms with Gasteiger partial charge >= 0.3 is 6.09 Å². The van der Waals surface area contributed by atoms with Gasteiger partial charge in [0.2, 0.25) is 0 Å². The van der Waals surface area contributed by atoms with Crippen LogP contribution in [0.2, 0.25) is 0 Å². The molecule has 0 N–H and O–H groups in total. The second-order valence-electron chi connectivity index (χ2n) is 3.42. The summed E-state index contributed by atoms with van der Waals surface area (Å²) in [6.45, 7) is 7.03. The SMILES string of the molecule is CCOC(=O)N1COCC1(C)C. The van der Waals surface area contributed by atoms with Gasteiger partial charge in [0.05, 0.1) is 18.8 Å². The molecule has 12 heavy (non-hydrogen) atoms. The van der Waals surface area contributed by atoms with Crippen LogP contribution in [-0.2, 0) is 9.47 Å². The first kappa shape index (κ1) is 9.32. The van der Waals surface area contributed by atoms with E-state index in [1.54, 1.807) is 11.8 Å². The lowest BCUT2D eigenvalue weighted by Gasteiger charge is -2.27. The average Bonchev–Trinajstić information content (AvgIpc) is 2.30. The van der Waals surface area contributed by atoms with Gasteiger partial charge in [-0.3, -0.25) is 4.90 Å². The van der Waals surface area contributed by atoms with Crippen molar-refractivity contribution in [2.24, 2.45) is 0 Å². The first-order valence-corrected chi connectivity index (χ1v) is 4.10. The van der Waals surface area contributed by atoms with Crippen LogP contribution < -0.4 is 0 Å². The summed E-state index contributed by atoms with van der Waals surface area (Å²) in [4.78, 5) is 12.9. The second kappa shape index (κ2) is 3.31. The van der Waals surface area contributed by atoms with Crippen molar-refractivity contribution >= 4 is 6.09 Å². The Balaban J connectivity index is 2.56. The lowest BCUT2D eigenvalue weighted by atomic mass is 10.1. The minimum absolute atomic E-state index is 0.230. The quantitative estimate of drug-likeness (QED) is 0.598. The highest BCUT2D eigenvalue weighted by molar-refractivity contribution is 5.68. The molecule has 0 bridgehead atoms. The van der Waals surface area contributed by atoms with Gasteiger partial charge in [-0.15, -0.1) is 0 Å². The van der Waals surface area contributed by atoms with E-state index in [-0.39, 0.29) is 11.6 Å². The number of ether oxygens (including phenoxy) is 2. The van der Waals surface area contributed by atoms with E-state index < -0.39 is 0 Å². The van der Waals surface area contributed by atoms with Crippen LogP contribution >= 0.6 is 0 Å². The highest BCUT2D eigenvalue weighted by atomic mass is 16.6. The van der Waals surface area contributed by atoms with Gasteiger partial charge in [0.25, 0.3) is 0 Å². The molecule has 0 atom stereocenters. The van der Waals surface area contributed by atoms with Gasteiger partial charge in [-0.25, -0.2) is 4.79 Å². The zero-order chi connectivity index (χ0) is 9.19. The maximum Gasteiger partial charge on any atom is 0.412 e. The fourth-order valence-electron chi connectivity index (χ4n) is 1.14. The highest BCUT2D eigenvalue weighted by Gasteiger charge is 2.37. The van der Waals surface area contributed by atoms with Crippen LogP contribution in [0.4, 0.5) is 4.79 Å². The molecule has 0 aromatic carbocycles. The minimum Gasteiger partial charge on any atom is -0.450 e. The topological polar surface area (TPSA) is 38.8 Å². The molecule has 1 amide bonds. The van der Waals surface area contributed by atoms with Crippen molar-refractivity contribution in [3.8, 4) is 0 Å². The molecule has 1 heterocycles. The average molecular weight is 173 g/mol. The van der Waals surface area contributed by atoms with Crippen LogP contribution in [0, 0.1) is 0 Å². The summed E-state index contributed by atoms with van der Waals surface area (Å²) in [7, 11) is 0. The summed E-state index contributed by atoms with van der Waals surface area (Å²) in [5, 5.41) is 0. The monoisotopic (exact) mass is 173 g/mol. The molecule has 4 nitrogen and oxygen atoms in total. The maximum absolute atomic E-state index is 11.3. The van der Waals surface area contributed by atoms with E-state index in [0.717, 1.165) is 0 Å². The van der Waals surface area contributed by atoms with Crippen molar-refractivity contribution in [1.82, 2.24) is 4.90 Å². The normalized spacial score (nSPS) is 21.1. The fourth-order valence-corrected chi connectivity index (χ4v) is 1.14. The van der Waals surface area contributed by atoms with E-state index in [4.69, 9.17) is 9.47 Å². The zero-order valence-electron chi connectivity index (χ0n) is 7.79. The molecule has 0 unspecified atom stereocenters. The molecular formula is C8H15NO3. The molecule has 1 saturated heterocycles. The van der Waals surface area contributed by atoms with E-state index in [1.165, 1.54) is 0 Å². The first-order valence-electron chi connectivity index (χ1n) is 4.10. The van der Waals surface area contributed by atoms with Gasteiger partial charge in [0.1, 0.15) is 6.73 Å². The molecule has 0 aromatic rings. The van der Waals surface area contributed by atoms with Crippen LogP contribution in [0.3, 0.4) is 0 Å². The summed E-state index contributed by atoms with van der Waals surface area (Å²) in [5.41, 5.74) is -0.230. The zero-order valence-corrected chi connectivity index (χ0v) is 7.79. The number of carbonyl (C=O) groups is 1. The highest BCUT2D eigenvalue weighted by Crippen LogP contribution is 2.21. The van der Waals surface area contributed by atoms with E-state index in [2.05, 4.69) is 0 Å². The Bertz CT molecular complexity index is 179. The number of nitrogens with zero attached hydrogens (tertiary/aromatic N) is 1. The molecule has 0 spiro atoms. The number of amides is 1. The largest absolute Gasteiger partial charge is 0.450 e. The molecule has 0 saturated carbocycles. The predicted octanol–water partition coefficient (Wildman–Crippen LogP) is 1.21. The van der Waals surface area contributed by atoms with E-state index >= 15 is 0 Å². The summed E-state index contributed by atoms with van der Waals surface area (Å²) in [6.07, 6.45) is -0.292. The smallest absolute Gasteiger partial charge is 0.412 e. The Morgan fingerprint density at radius 1 is 1.67 bits per heavy atom. The predicted molar refractivity (Wildman–Crippen MR) is 43.8 cm³/mol. The molecule has 4 heteroatoms. The van der Waals surface area contributed by atoms with Crippen LogP contribution in [0.1, 0.15) is 20.8 Å². The molecular weight excluding hydrogens is 158 g/mol. The molecule has 1 aliphatic heterocycles. The van der Waals surface area contributed by atoms with Crippen LogP contribution in [-0.4, -0.2) is 36.5 Å². The Morgan fingerprint density at radius 3 is 2.75 bits per heavy atom. The summed E-state index contributed by atoms with van der Waals surface area (Å²) >= 11 is 0. The fraction of sp³-hybridized carbons (Fsp3) is 0.875. The molecule has 1 fully saturated rings. The van der Waals surface area contributed by atoms with E-state index in [9.17, 15) is 4.79 Å². The van der Waals surface area contributed by atoms with Gasteiger partial charge in [-0.05, 0) is 20.8 Å². The number of hydrogen-bond donors (Lipinski definition) is 0. The molecule has 1 rings (SSSR count). The minimum atomic E-state index is -0.292. The maximum atomic E-state index is 11.3. The molecule has 0 radical (unpaired) electrons. The van der Waals surface area contributed by atoms with Gasteiger partial charge in [0.15, 0.2) is 0 Å². The summed E-state index contributed by atoms with van der Waals surface area (Å²) in [6, 6.07) is 0. The number of hydrogen-bond acceptors (Lipinski definition) is 3. The summed E-state index contributed by atoms with van der Waals surface area (Å²) in [5.74, 6) is 0. The third-order valence-corrected chi connectivity index (χ3v) is 1.89. The Kier molecular flexibility index (Phi) is 2.57. The van der Waals surface area contributed by atoms with Gasteiger partial charge < -0.3 is 9.47 Å². The number of carbonyl (C=O) groups excluding carboxylic acids is 1. The van der Waals surface area contributed by atoms with Crippen molar-refractivity contribution < 1.29 is 14.3 Å². The lowest BCUT2D eigenvalue weighted by Crippen LogP contribution is -2.44. The van der Waals surface area contributed by atoms with Gasteiger partial charge in [-0.2, -0.15) is 0 Å². The third kappa shape index (κ3) is 1.69. The van der Waals surface area contributed by atoms with E-state index in [0.29, 0.717) is 19.9 Å².